The van der Waals surface area contributed by atoms with Crippen molar-refractivity contribution in [3.8, 4) is 5.75 Å². The summed E-state index contributed by atoms with van der Waals surface area (Å²) >= 11 is 6.54. The van der Waals surface area contributed by atoms with Crippen molar-refractivity contribution in [2.24, 2.45) is 0 Å². The highest BCUT2D eigenvalue weighted by molar-refractivity contribution is 7.91. The molecular formula is C17H15ClN4O4S2. The molecule has 0 aliphatic rings. The quantitative estimate of drug-likeness (QED) is 0.413. The Morgan fingerprint density at radius 1 is 1.07 bits per heavy atom. The SMILES string of the molecule is O=C(Nc1nnc(S(=O)(=O)NCCOc2ccc(Cl)cc2)s1)c1ccccc1. The predicted molar refractivity (Wildman–Crippen MR) is 106 cm³/mol. The molecule has 0 saturated heterocycles. The average molecular weight is 439 g/mol. The zero-order valence-electron chi connectivity index (χ0n) is 14.3. The lowest BCUT2D eigenvalue weighted by atomic mass is 10.2. The van der Waals surface area contributed by atoms with Crippen molar-refractivity contribution >= 4 is 44.0 Å². The molecule has 3 aromatic rings. The van der Waals surface area contributed by atoms with E-state index in [1.807, 2.05) is 0 Å². The van der Waals surface area contributed by atoms with Crippen LogP contribution in [-0.4, -0.2) is 37.7 Å². The zero-order valence-corrected chi connectivity index (χ0v) is 16.7. The Kier molecular flexibility index (Phi) is 6.57. The molecule has 0 spiro atoms. The van der Waals surface area contributed by atoms with E-state index in [9.17, 15) is 13.2 Å². The molecule has 0 aliphatic heterocycles. The van der Waals surface area contributed by atoms with E-state index in [4.69, 9.17) is 16.3 Å². The van der Waals surface area contributed by atoms with Gasteiger partial charge in [0.25, 0.3) is 15.9 Å². The van der Waals surface area contributed by atoms with Crippen LogP contribution in [0, 0.1) is 0 Å². The van der Waals surface area contributed by atoms with E-state index in [1.54, 1.807) is 54.6 Å². The summed E-state index contributed by atoms with van der Waals surface area (Å²) in [6, 6.07) is 15.2. The van der Waals surface area contributed by atoms with Gasteiger partial charge in [0, 0.05) is 17.1 Å². The molecule has 1 amide bonds. The number of nitrogens with zero attached hydrogens (tertiary/aromatic N) is 2. The largest absolute Gasteiger partial charge is 0.492 e. The number of aromatic nitrogens is 2. The zero-order chi connectivity index (χ0) is 20.0. The summed E-state index contributed by atoms with van der Waals surface area (Å²) in [6.07, 6.45) is 0. The standard InChI is InChI=1S/C17H15ClN4O4S2/c18-13-6-8-14(9-7-13)26-11-10-19-28(24,25)17-22-21-16(27-17)20-15(23)12-4-2-1-3-5-12/h1-9,19H,10-11H2,(H,20,21,23). The molecule has 0 aliphatic carbocycles. The maximum atomic E-state index is 12.3. The molecule has 146 valence electrons. The number of benzene rings is 2. The maximum Gasteiger partial charge on any atom is 0.269 e. The summed E-state index contributed by atoms with van der Waals surface area (Å²) in [5.74, 6) is 0.176. The number of carbonyl (C=O) groups is 1. The number of nitrogens with one attached hydrogen (secondary N) is 2. The first-order valence-corrected chi connectivity index (χ1v) is 10.7. The van der Waals surface area contributed by atoms with Gasteiger partial charge in [0.1, 0.15) is 12.4 Å². The van der Waals surface area contributed by atoms with Crippen LogP contribution in [0.5, 0.6) is 5.75 Å². The summed E-state index contributed by atoms with van der Waals surface area (Å²) in [6.45, 7) is 0.160. The van der Waals surface area contributed by atoms with E-state index in [1.165, 1.54) is 0 Å². The fourth-order valence-corrected chi connectivity index (χ4v) is 4.14. The van der Waals surface area contributed by atoms with Crippen molar-refractivity contribution in [3.05, 3.63) is 65.2 Å². The molecule has 1 aromatic heterocycles. The second kappa shape index (κ2) is 9.11. The minimum Gasteiger partial charge on any atom is -0.492 e. The highest BCUT2D eigenvalue weighted by Gasteiger charge is 2.20. The van der Waals surface area contributed by atoms with Crippen molar-refractivity contribution in [3.63, 3.8) is 0 Å². The summed E-state index contributed by atoms with van der Waals surface area (Å²) in [7, 11) is -3.86. The molecule has 0 bridgehead atoms. The smallest absolute Gasteiger partial charge is 0.269 e. The minimum atomic E-state index is -3.86. The lowest BCUT2D eigenvalue weighted by Gasteiger charge is -2.06. The van der Waals surface area contributed by atoms with Crippen LogP contribution in [0.2, 0.25) is 5.02 Å². The molecule has 2 N–H and O–H groups in total. The number of halogens is 1. The van der Waals surface area contributed by atoms with E-state index < -0.39 is 15.9 Å². The maximum absolute atomic E-state index is 12.3. The van der Waals surface area contributed by atoms with Crippen molar-refractivity contribution < 1.29 is 17.9 Å². The van der Waals surface area contributed by atoms with Crippen LogP contribution < -0.4 is 14.8 Å². The van der Waals surface area contributed by atoms with Gasteiger partial charge in [0.05, 0.1) is 0 Å². The van der Waals surface area contributed by atoms with Gasteiger partial charge in [-0.15, -0.1) is 10.2 Å². The molecular weight excluding hydrogens is 424 g/mol. The second-order valence-corrected chi connectivity index (χ2v) is 8.75. The van der Waals surface area contributed by atoms with E-state index in [2.05, 4.69) is 20.2 Å². The van der Waals surface area contributed by atoms with Gasteiger partial charge in [-0.2, -0.15) is 0 Å². The summed E-state index contributed by atoms with van der Waals surface area (Å²) in [4.78, 5) is 12.1. The molecule has 0 saturated carbocycles. The van der Waals surface area contributed by atoms with Gasteiger partial charge in [0.2, 0.25) is 9.47 Å². The molecule has 1 heterocycles. The van der Waals surface area contributed by atoms with Gasteiger partial charge in [-0.05, 0) is 36.4 Å². The number of carbonyl (C=O) groups excluding carboxylic acids is 1. The number of sulfonamides is 1. The Morgan fingerprint density at radius 2 is 1.79 bits per heavy atom. The molecule has 8 nitrogen and oxygen atoms in total. The highest BCUT2D eigenvalue weighted by atomic mass is 35.5. The van der Waals surface area contributed by atoms with Crippen molar-refractivity contribution in [2.45, 2.75) is 4.34 Å². The monoisotopic (exact) mass is 438 g/mol. The van der Waals surface area contributed by atoms with Crippen LogP contribution in [-0.2, 0) is 10.0 Å². The number of hydrogen-bond donors (Lipinski definition) is 2. The molecule has 0 fully saturated rings. The second-order valence-electron chi connectivity index (χ2n) is 5.39. The third-order valence-corrected chi connectivity index (χ3v) is 6.29. The Labute approximate surface area is 170 Å². The van der Waals surface area contributed by atoms with Gasteiger partial charge >= 0.3 is 0 Å². The lowest BCUT2D eigenvalue weighted by molar-refractivity contribution is 0.102. The molecule has 0 atom stereocenters. The minimum absolute atomic E-state index is 0.0379. The molecule has 28 heavy (non-hydrogen) atoms. The Balaban J connectivity index is 1.52. The fraction of sp³-hybridized carbons (Fsp3) is 0.118. The van der Waals surface area contributed by atoms with Crippen LogP contribution in [0.4, 0.5) is 5.13 Å². The first-order valence-electron chi connectivity index (χ1n) is 8.02. The van der Waals surface area contributed by atoms with E-state index in [-0.39, 0.29) is 22.6 Å². The van der Waals surface area contributed by atoms with Gasteiger partial charge < -0.3 is 4.74 Å². The lowest BCUT2D eigenvalue weighted by Crippen LogP contribution is -2.28. The Bertz CT molecular complexity index is 1040. The Hall–Kier alpha value is -2.53. The molecule has 3 rings (SSSR count). The molecule has 11 heteroatoms. The number of hydrogen-bond acceptors (Lipinski definition) is 7. The molecule has 2 aromatic carbocycles. The van der Waals surface area contributed by atoms with Gasteiger partial charge in [-0.1, -0.05) is 41.1 Å². The first kappa shape index (κ1) is 20.2. The van der Waals surface area contributed by atoms with Crippen LogP contribution in [0.15, 0.2) is 58.9 Å². The van der Waals surface area contributed by atoms with Crippen LogP contribution >= 0.6 is 22.9 Å². The van der Waals surface area contributed by atoms with Crippen molar-refractivity contribution in [1.29, 1.82) is 0 Å². The van der Waals surface area contributed by atoms with Crippen LogP contribution in [0.25, 0.3) is 0 Å². The van der Waals surface area contributed by atoms with E-state index >= 15 is 0 Å². The number of rotatable bonds is 8. The molecule has 0 unspecified atom stereocenters. The summed E-state index contributed by atoms with van der Waals surface area (Å²) < 4.78 is 32.1. The average Bonchev–Trinajstić information content (AvgIpc) is 3.17. The fourth-order valence-electron chi connectivity index (χ4n) is 2.07. The Morgan fingerprint density at radius 3 is 2.50 bits per heavy atom. The number of anilines is 1. The first-order chi connectivity index (χ1) is 13.4. The van der Waals surface area contributed by atoms with E-state index in [0.29, 0.717) is 16.3 Å². The van der Waals surface area contributed by atoms with Gasteiger partial charge in [0.15, 0.2) is 0 Å². The van der Waals surface area contributed by atoms with Gasteiger partial charge in [-0.25, -0.2) is 13.1 Å². The van der Waals surface area contributed by atoms with Crippen LogP contribution in [0.3, 0.4) is 0 Å². The molecule has 0 radical (unpaired) electrons. The topological polar surface area (TPSA) is 110 Å². The predicted octanol–water partition coefficient (Wildman–Crippen LogP) is 2.80. The van der Waals surface area contributed by atoms with Crippen LogP contribution in [0.1, 0.15) is 10.4 Å². The number of amides is 1. The summed E-state index contributed by atoms with van der Waals surface area (Å²) in [5, 5.41) is 10.5. The highest BCUT2D eigenvalue weighted by Crippen LogP contribution is 2.20. The van der Waals surface area contributed by atoms with E-state index in [0.717, 1.165) is 11.3 Å². The third kappa shape index (κ3) is 5.49. The van der Waals surface area contributed by atoms with Crippen molar-refractivity contribution in [2.75, 3.05) is 18.5 Å². The normalized spacial score (nSPS) is 11.2. The summed E-state index contributed by atoms with van der Waals surface area (Å²) in [5.41, 5.74) is 0.430. The third-order valence-electron chi connectivity index (χ3n) is 3.37. The number of ether oxygens (including phenoxy) is 1. The van der Waals surface area contributed by atoms with Gasteiger partial charge in [-0.3, -0.25) is 10.1 Å². The van der Waals surface area contributed by atoms with Crippen molar-refractivity contribution in [1.82, 2.24) is 14.9 Å².